The smallest absolute Gasteiger partial charge is 0.263 e. The summed E-state index contributed by atoms with van der Waals surface area (Å²) in [6.45, 7) is 5.98. The van der Waals surface area contributed by atoms with Crippen molar-refractivity contribution < 1.29 is 9.53 Å². The molecular weight excluding hydrogens is 350 g/mol. The number of aryl methyl sites for hydroxylation is 1. The maximum Gasteiger partial charge on any atom is 0.263 e. The van der Waals surface area contributed by atoms with E-state index in [1.54, 1.807) is 7.11 Å². The lowest BCUT2D eigenvalue weighted by molar-refractivity contribution is -0.117. The summed E-state index contributed by atoms with van der Waals surface area (Å²) in [7, 11) is 1.61. The predicted molar refractivity (Wildman–Crippen MR) is 111 cm³/mol. The third-order valence-electron chi connectivity index (χ3n) is 4.69. The standard InChI is InChI=1S/C23H27N3O2/c1-5-18-6-8-19(9-7-18)16(2)25-15-21(14-24)23(27)26-17(3)20-10-12-22(28-4)13-11-20/h6-13,15-17,25H,5H2,1-4H3,(H,26,27)/b21-15-. The Morgan fingerprint density at radius 1 is 1.07 bits per heavy atom. The molecule has 1 amide bonds. The summed E-state index contributed by atoms with van der Waals surface area (Å²) in [5.41, 5.74) is 3.34. The first-order valence-corrected chi connectivity index (χ1v) is 9.38. The maximum absolute atomic E-state index is 12.4. The molecule has 0 aliphatic rings. The van der Waals surface area contributed by atoms with Crippen molar-refractivity contribution >= 4 is 5.91 Å². The summed E-state index contributed by atoms with van der Waals surface area (Å²) in [5, 5.41) is 15.4. The number of amides is 1. The van der Waals surface area contributed by atoms with Crippen molar-refractivity contribution in [2.75, 3.05) is 7.11 Å². The van der Waals surface area contributed by atoms with E-state index in [1.807, 2.05) is 44.2 Å². The third-order valence-corrected chi connectivity index (χ3v) is 4.69. The Morgan fingerprint density at radius 3 is 2.18 bits per heavy atom. The molecule has 5 heteroatoms. The fourth-order valence-electron chi connectivity index (χ4n) is 2.75. The molecule has 2 N–H and O–H groups in total. The second kappa shape index (κ2) is 10.2. The summed E-state index contributed by atoms with van der Waals surface area (Å²) < 4.78 is 5.14. The van der Waals surface area contributed by atoms with Crippen molar-refractivity contribution in [3.05, 3.63) is 77.0 Å². The molecule has 0 aromatic heterocycles. The van der Waals surface area contributed by atoms with Gasteiger partial charge in [0.1, 0.15) is 17.4 Å². The molecule has 0 aliphatic heterocycles. The highest BCUT2D eigenvalue weighted by Gasteiger charge is 2.14. The fourth-order valence-corrected chi connectivity index (χ4v) is 2.75. The monoisotopic (exact) mass is 377 g/mol. The van der Waals surface area contributed by atoms with E-state index in [-0.39, 0.29) is 17.7 Å². The van der Waals surface area contributed by atoms with E-state index in [0.717, 1.165) is 23.3 Å². The average Bonchev–Trinajstić information content (AvgIpc) is 2.74. The third kappa shape index (κ3) is 5.62. The molecule has 2 aromatic rings. The molecule has 0 saturated heterocycles. The van der Waals surface area contributed by atoms with Crippen molar-refractivity contribution in [3.63, 3.8) is 0 Å². The molecule has 0 aliphatic carbocycles. The van der Waals surface area contributed by atoms with Crippen LogP contribution in [0.3, 0.4) is 0 Å². The van der Waals surface area contributed by atoms with E-state index in [9.17, 15) is 10.1 Å². The van der Waals surface area contributed by atoms with Gasteiger partial charge in [0.05, 0.1) is 13.2 Å². The van der Waals surface area contributed by atoms with Crippen LogP contribution >= 0.6 is 0 Å². The molecule has 2 atom stereocenters. The summed E-state index contributed by atoms with van der Waals surface area (Å²) in [4.78, 5) is 12.4. The van der Waals surface area contributed by atoms with Gasteiger partial charge in [0.15, 0.2) is 0 Å². The summed E-state index contributed by atoms with van der Waals surface area (Å²) in [5.74, 6) is 0.344. The highest BCUT2D eigenvalue weighted by Crippen LogP contribution is 2.18. The molecule has 0 radical (unpaired) electrons. The minimum Gasteiger partial charge on any atom is -0.497 e. The quantitative estimate of drug-likeness (QED) is 0.534. The molecule has 2 aromatic carbocycles. The van der Waals surface area contributed by atoms with Gasteiger partial charge in [-0.2, -0.15) is 5.26 Å². The second-order valence-electron chi connectivity index (χ2n) is 6.62. The molecule has 2 rings (SSSR count). The number of hydrogen-bond acceptors (Lipinski definition) is 4. The van der Waals surface area contributed by atoms with Gasteiger partial charge in [-0.25, -0.2) is 0 Å². The predicted octanol–water partition coefficient (Wildman–Crippen LogP) is 4.19. The van der Waals surface area contributed by atoms with Crippen LogP contribution in [-0.2, 0) is 11.2 Å². The van der Waals surface area contributed by atoms with Crippen molar-refractivity contribution in [2.24, 2.45) is 0 Å². The van der Waals surface area contributed by atoms with Crippen molar-refractivity contribution in [1.29, 1.82) is 5.26 Å². The van der Waals surface area contributed by atoms with Crippen LogP contribution in [0.15, 0.2) is 60.3 Å². The van der Waals surface area contributed by atoms with Gasteiger partial charge in [0.2, 0.25) is 0 Å². The van der Waals surface area contributed by atoms with E-state index in [1.165, 1.54) is 11.8 Å². The second-order valence-corrected chi connectivity index (χ2v) is 6.62. The molecule has 2 unspecified atom stereocenters. The van der Waals surface area contributed by atoms with Gasteiger partial charge in [0.25, 0.3) is 5.91 Å². The van der Waals surface area contributed by atoms with Gasteiger partial charge < -0.3 is 15.4 Å². The average molecular weight is 377 g/mol. The van der Waals surface area contributed by atoms with Gasteiger partial charge in [-0.1, -0.05) is 43.3 Å². The number of carbonyl (C=O) groups is 1. The van der Waals surface area contributed by atoms with Crippen LogP contribution in [0.5, 0.6) is 5.75 Å². The largest absolute Gasteiger partial charge is 0.497 e. The minimum absolute atomic E-state index is 0.0129. The van der Waals surface area contributed by atoms with Gasteiger partial charge in [-0.05, 0) is 49.1 Å². The van der Waals surface area contributed by atoms with Crippen LogP contribution in [0.4, 0.5) is 0 Å². The Bertz CT molecular complexity index is 849. The Labute approximate surface area is 167 Å². The molecule has 146 valence electrons. The molecule has 0 bridgehead atoms. The van der Waals surface area contributed by atoms with Crippen LogP contribution in [0, 0.1) is 11.3 Å². The number of ether oxygens (including phenoxy) is 1. The summed E-state index contributed by atoms with van der Waals surface area (Å²) >= 11 is 0. The van der Waals surface area contributed by atoms with E-state index in [0.29, 0.717) is 0 Å². The number of benzene rings is 2. The highest BCUT2D eigenvalue weighted by atomic mass is 16.5. The zero-order valence-corrected chi connectivity index (χ0v) is 16.8. The van der Waals surface area contributed by atoms with E-state index in [4.69, 9.17) is 4.74 Å². The van der Waals surface area contributed by atoms with Crippen molar-refractivity contribution in [2.45, 2.75) is 39.3 Å². The number of nitrogens with one attached hydrogen (secondary N) is 2. The number of nitriles is 1. The van der Waals surface area contributed by atoms with Crippen LogP contribution in [0.2, 0.25) is 0 Å². The first kappa shape index (κ1) is 21.0. The first-order valence-electron chi connectivity index (χ1n) is 9.38. The number of hydrogen-bond donors (Lipinski definition) is 2. The zero-order valence-electron chi connectivity index (χ0n) is 16.8. The number of nitrogens with zero attached hydrogens (tertiary/aromatic N) is 1. The molecule has 0 saturated carbocycles. The molecule has 5 nitrogen and oxygen atoms in total. The van der Waals surface area contributed by atoms with Gasteiger partial charge in [-0.3, -0.25) is 4.79 Å². The number of rotatable bonds is 8. The lowest BCUT2D eigenvalue weighted by Crippen LogP contribution is -2.28. The van der Waals surface area contributed by atoms with Crippen molar-refractivity contribution in [1.82, 2.24) is 10.6 Å². The number of carbonyl (C=O) groups excluding carboxylic acids is 1. The Kier molecular flexibility index (Phi) is 7.65. The molecular formula is C23H27N3O2. The van der Waals surface area contributed by atoms with Crippen LogP contribution < -0.4 is 15.4 Å². The normalized spacial score (nSPS) is 13.2. The van der Waals surface area contributed by atoms with E-state index in [2.05, 4.69) is 41.8 Å². The highest BCUT2D eigenvalue weighted by molar-refractivity contribution is 5.97. The van der Waals surface area contributed by atoms with E-state index >= 15 is 0 Å². The minimum atomic E-state index is -0.410. The Morgan fingerprint density at radius 2 is 1.64 bits per heavy atom. The Balaban J connectivity index is 1.99. The summed E-state index contributed by atoms with van der Waals surface area (Å²) in [6, 6.07) is 17.5. The SMILES string of the molecule is CCc1ccc(C(C)N/C=C(/C#N)C(=O)NC(C)c2ccc(OC)cc2)cc1. The molecule has 0 heterocycles. The van der Waals surface area contributed by atoms with Gasteiger partial charge >= 0.3 is 0 Å². The number of methoxy groups -OCH3 is 1. The first-order chi connectivity index (χ1) is 13.5. The van der Waals surface area contributed by atoms with E-state index < -0.39 is 5.91 Å². The van der Waals surface area contributed by atoms with Gasteiger partial charge in [0, 0.05) is 12.2 Å². The Hall–Kier alpha value is -3.26. The fraction of sp³-hybridized carbons (Fsp3) is 0.304. The molecule has 0 fully saturated rings. The van der Waals surface area contributed by atoms with Gasteiger partial charge in [-0.15, -0.1) is 0 Å². The van der Waals surface area contributed by atoms with Crippen molar-refractivity contribution in [3.8, 4) is 11.8 Å². The summed E-state index contributed by atoms with van der Waals surface area (Å²) in [6.07, 6.45) is 2.47. The van der Waals surface area contributed by atoms with Crippen LogP contribution in [0.1, 0.15) is 49.5 Å². The van der Waals surface area contributed by atoms with Crippen LogP contribution in [0.25, 0.3) is 0 Å². The lowest BCUT2D eigenvalue weighted by Gasteiger charge is -2.16. The topological polar surface area (TPSA) is 74.2 Å². The molecule has 28 heavy (non-hydrogen) atoms. The maximum atomic E-state index is 12.4. The zero-order chi connectivity index (χ0) is 20.5. The molecule has 0 spiro atoms. The lowest BCUT2D eigenvalue weighted by atomic mass is 10.1. The van der Waals surface area contributed by atoms with Crippen LogP contribution in [-0.4, -0.2) is 13.0 Å².